The first-order valence-electron chi connectivity index (χ1n) is 14.4. The quantitative estimate of drug-likeness (QED) is 0.205. The summed E-state index contributed by atoms with van der Waals surface area (Å²) in [5.74, 6) is -4.14. The van der Waals surface area contributed by atoms with Crippen LogP contribution in [0.4, 0.5) is 26.3 Å². The molecule has 1 atom stereocenters. The Balaban J connectivity index is 1.19. The summed E-state index contributed by atoms with van der Waals surface area (Å²) in [5.41, 5.74) is -0.636. The van der Waals surface area contributed by atoms with Crippen LogP contribution in [0.2, 0.25) is 5.02 Å². The van der Waals surface area contributed by atoms with Gasteiger partial charge in [-0.25, -0.2) is 27.9 Å². The first kappa shape index (κ1) is 31.2. The SMILES string of the molecule is O=c1[nH]c(-c2ccc3c(nc(CN4CCc5cc(C(F)(F)F)c(OCc6c(F)cc(Cl)cc6F)nc5C4)n3C[C@@H]3CCO3)c2F)no1. The minimum absolute atomic E-state index is 0.0121. The van der Waals surface area contributed by atoms with Crippen LogP contribution in [0, 0.1) is 17.5 Å². The van der Waals surface area contributed by atoms with Crippen LogP contribution in [-0.4, -0.2) is 48.8 Å². The zero-order valence-corrected chi connectivity index (χ0v) is 24.9. The smallest absolute Gasteiger partial charge is 0.439 e. The third-order valence-electron chi connectivity index (χ3n) is 8.17. The number of fused-ring (bicyclic) bond motifs is 2. The molecule has 0 saturated carbocycles. The van der Waals surface area contributed by atoms with Crippen molar-refractivity contribution in [2.75, 3.05) is 13.2 Å². The van der Waals surface area contributed by atoms with Crippen molar-refractivity contribution in [3.05, 3.63) is 91.6 Å². The van der Waals surface area contributed by atoms with Crippen LogP contribution in [0.1, 0.15) is 34.6 Å². The topological polar surface area (TPSA) is 111 Å². The molecule has 2 aliphatic rings. The molecule has 0 radical (unpaired) electrons. The van der Waals surface area contributed by atoms with E-state index in [1.807, 2.05) is 9.47 Å². The highest BCUT2D eigenvalue weighted by Gasteiger charge is 2.37. The van der Waals surface area contributed by atoms with Crippen molar-refractivity contribution in [1.82, 2.24) is 29.6 Å². The fourth-order valence-corrected chi connectivity index (χ4v) is 5.88. The van der Waals surface area contributed by atoms with Gasteiger partial charge in [0.05, 0.1) is 41.5 Å². The number of imidazole rings is 1. The van der Waals surface area contributed by atoms with Gasteiger partial charge >= 0.3 is 11.9 Å². The summed E-state index contributed by atoms with van der Waals surface area (Å²) in [6.45, 7) is 0.738. The normalized spacial score (nSPS) is 16.8. The average Bonchev–Trinajstić information content (AvgIpc) is 3.57. The molecule has 1 saturated heterocycles. The van der Waals surface area contributed by atoms with E-state index in [0.717, 1.165) is 24.6 Å². The maximum absolute atomic E-state index is 15.7. The Kier molecular flexibility index (Phi) is 7.96. The van der Waals surface area contributed by atoms with E-state index >= 15 is 4.39 Å². The van der Waals surface area contributed by atoms with Crippen molar-refractivity contribution in [3.8, 4) is 17.3 Å². The van der Waals surface area contributed by atoms with Gasteiger partial charge in [-0.05, 0) is 48.7 Å². The number of nitrogens with zero attached hydrogens (tertiary/aromatic N) is 5. The summed E-state index contributed by atoms with van der Waals surface area (Å²) in [5, 5.41) is 3.35. The zero-order valence-electron chi connectivity index (χ0n) is 24.1. The minimum atomic E-state index is -4.85. The van der Waals surface area contributed by atoms with Crippen LogP contribution in [-0.2, 0) is 43.6 Å². The Bertz CT molecular complexity index is 2030. The molecular weight excluding hydrogens is 658 g/mol. The molecule has 10 nitrogen and oxygen atoms in total. The Hall–Kier alpha value is -4.41. The summed E-state index contributed by atoms with van der Waals surface area (Å²) in [7, 11) is 0. The Labute approximate surface area is 265 Å². The van der Waals surface area contributed by atoms with Gasteiger partial charge in [0.2, 0.25) is 5.88 Å². The molecule has 5 aromatic rings. The molecule has 2 aliphatic heterocycles. The van der Waals surface area contributed by atoms with Crippen molar-refractivity contribution in [3.63, 3.8) is 0 Å². The summed E-state index contributed by atoms with van der Waals surface area (Å²) in [6, 6.07) is 5.71. The summed E-state index contributed by atoms with van der Waals surface area (Å²) >= 11 is 5.65. The first-order chi connectivity index (χ1) is 22.4. The minimum Gasteiger partial charge on any atom is -0.472 e. The molecule has 246 valence electrons. The van der Waals surface area contributed by atoms with Gasteiger partial charge in [0.1, 0.15) is 35.1 Å². The molecule has 2 aromatic carbocycles. The molecule has 0 aliphatic carbocycles. The summed E-state index contributed by atoms with van der Waals surface area (Å²) in [6.07, 6.45) is -3.95. The van der Waals surface area contributed by atoms with Crippen molar-refractivity contribution < 1.29 is 40.3 Å². The highest BCUT2D eigenvalue weighted by molar-refractivity contribution is 6.30. The number of H-pyrrole nitrogens is 1. The van der Waals surface area contributed by atoms with Gasteiger partial charge in [-0.2, -0.15) is 13.2 Å². The molecule has 47 heavy (non-hydrogen) atoms. The Morgan fingerprint density at radius 2 is 1.87 bits per heavy atom. The standard InChI is InChI=1S/C30H23ClF6N6O4/c31-15-8-20(32)18(21(33)9-15)13-46-28-19(30(35,36)37)7-14-3-5-42(11-22(14)38-28)12-24-39-26-23(43(24)10-16-4-6-45-16)2-1-17(25(26)34)27-40-29(44)47-41-27/h1-2,7-9,16H,3-6,10-13H2,(H,40,41,44)/t16-/m0/s1. The van der Waals surface area contributed by atoms with E-state index in [1.165, 1.54) is 6.07 Å². The number of aromatic amines is 1. The number of halogens is 7. The summed E-state index contributed by atoms with van der Waals surface area (Å²) in [4.78, 5) is 24.4. The number of alkyl halides is 3. The van der Waals surface area contributed by atoms with Gasteiger partial charge in [0.25, 0.3) is 0 Å². The van der Waals surface area contributed by atoms with Gasteiger partial charge in [-0.3, -0.25) is 14.4 Å². The molecule has 0 unspecified atom stereocenters. The van der Waals surface area contributed by atoms with E-state index in [4.69, 9.17) is 21.1 Å². The molecule has 1 fully saturated rings. The number of benzene rings is 2. The van der Waals surface area contributed by atoms with Crippen LogP contribution in [0.3, 0.4) is 0 Å². The number of nitrogens with one attached hydrogen (secondary N) is 1. The summed E-state index contributed by atoms with van der Waals surface area (Å²) < 4.78 is 104. The van der Waals surface area contributed by atoms with Crippen LogP contribution < -0.4 is 10.5 Å². The van der Waals surface area contributed by atoms with Crippen molar-refractivity contribution >= 4 is 22.6 Å². The van der Waals surface area contributed by atoms with Crippen LogP contribution >= 0.6 is 11.6 Å². The highest BCUT2D eigenvalue weighted by Crippen LogP contribution is 2.38. The molecule has 7 rings (SSSR count). The zero-order chi connectivity index (χ0) is 33.0. The lowest BCUT2D eigenvalue weighted by Crippen LogP contribution is -2.34. The van der Waals surface area contributed by atoms with Crippen molar-refractivity contribution in [2.24, 2.45) is 0 Å². The van der Waals surface area contributed by atoms with E-state index < -0.39 is 53.0 Å². The molecule has 1 N–H and O–H groups in total. The lowest BCUT2D eigenvalue weighted by Gasteiger charge is -2.30. The lowest BCUT2D eigenvalue weighted by molar-refractivity contribution is -0.139. The molecule has 0 amide bonds. The van der Waals surface area contributed by atoms with Crippen molar-refractivity contribution in [2.45, 2.75) is 51.4 Å². The third-order valence-corrected chi connectivity index (χ3v) is 8.39. The largest absolute Gasteiger partial charge is 0.472 e. The Morgan fingerprint density at radius 1 is 1.11 bits per heavy atom. The number of hydrogen-bond donors (Lipinski definition) is 1. The number of pyridine rings is 1. The van der Waals surface area contributed by atoms with E-state index in [9.17, 15) is 26.7 Å². The van der Waals surface area contributed by atoms with Crippen LogP contribution in [0.25, 0.3) is 22.4 Å². The second-order valence-electron chi connectivity index (χ2n) is 11.2. The lowest BCUT2D eigenvalue weighted by atomic mass is 10.0. The fraction of sp³-hybridized carbons (Fsp3) is 0.333. The number of aromatic nitrogens is 5. The molecule has 5 heterocycles. The molecule has 0 bridgehead atoms. The van der Waals surface area contributed by atoms with Gasteiger partial charge in [0, 0.05) is 24.7 Å². The van der Waals surface area contributed by atoms with E-state index in [2.05, 4.69) is 24.6 Å². The maximum atomic E-state index is 15.7. The fourth-order valence-electron chi connectivity index (χ4n) is 5.69. The molecule has 17 heteroatoms. The average molecular weight is 681 g/mol. The number of hydrogen-bond acceptors (Lipinski definition) is 8. The van der Waals surface area contributed by atoms with Crippen LogP contribution in [0.5, 0.6) is 5.88 Å². The molecule has 3 aromatic heterocycles. The van der Waals surface area contributed by atoms with E-state index in [-0.39, 0.29) is 53.2 Å². The number of ether oxygens (including phenoxy) is 2. The second kappa shape index (κ2) is 12.0. The van der Waals surface area contributed by atoms with Gasteiger partial charge in [-0.15, -0.1) is 0 Å². The van der Waals surface area contributed by atoms with E-state index in [1.54, 1.807) is 6.07 Å². The predicted molar refractivity (Wildman–Crippen MR) is 153 cm³/mol. The van der Waals surface area contributed by atoms with Crippen molar-refractivity contribution in [1.29, 1.82) is 0 Å². The van der Waals surface area contributed by atoms with Crippen LogP contribution in [0.15, 0.2) is 39.6 Å². The van der Waals surface area contributed by atoms with Gasteiger partial charge in [0.15, 0.2) is 11.6 Å². The first-order valence-corrected chi connectivity index (χ1v) is 14.8. The highest BCUT2D eigenvalue weighted by atomic mass is 35.5. The maximum Gasteiger partial charge on any atom is 0.439 e. The second-order valence-corrected chi connectivity index (χ2v) is 11.6. The Morgan fingerprint density at radius 3 is 2.53 bits per heavy atom. The van der Waals surface area contributed by atoms with E-state index in [0.29, 0.717) is 36.6 Å². The van der Waals surface area contributed by atoms with Gasteiger partial charge < -0.3 is 14.0 Å². The molecular formula is C30H23ClF6N6O4. The van der Waals surface area contributed by atoms with Gasteiger partial charge in [-0.1, -0.05) is 16.8 Å². The third kappa shape index (κ3) is 6.07. The molecule has 0 spiro atoms. The predicted octanol–water partition coefficient (Wildman–Crippen LogP) is 5.79. The monoisotopic (exact) mass is 680 g/mol. The number of rotatable bonds is 8.